The molecular weight excluding hydrogens is 434 g/mol. The summed E-state index contributed by atoms with van der Waals surface area (Å²) in [6, 6.07) is 8.67. The Labute approximate surface area is 165 Å². The number of rotatable bonds is 6. The Morgan fingerprint density at radius 1 is 1.24 bits per heavy atom. The number of methoxy groups -OCH3 is 1. The summed E-state index contributed by atoms with van der Waals surface area (Å²) in [6.07, 6.45) is 2.51. The molecule has 1 aromatic carbocycles. The SMILES string of the molecule is CN=C(NCCc1ccc(F)cc1C)NCc1ccnc(OC)c1.I. The Morgan fingerprint density at radius 2 is 2.04 bits per heavy atom. The lowest BCUT2D eigenvalue weighted by Gasteiger charge is -2.13. The molecule has 0 aliphatic carbocycles. The van der Waals surface area contributed by atoms with Gasteiger partial charge in [0.05, 0.1) is 7.11 Å². The van der Waals surface area contributed by atoms with Crippen molar-refractivity contribution in [3.63, 3.8) is 0 Å². The van der Waals surface area contributed by atoms with Gasteiger partial charge in [-0.15, -0.1) is 24.0 Å². The Morgan fingerprint density at radius 3 is 2.72 bits per heavy atom. The van der Waals surface area contributed by atoms with Gasteiger partial charge < -0.3 is 15.4 Å². The molecule has 0 bridgehead atoms. The largest absolute Gasteiger partial charge is 0.481 e. The van der Waals surface area contributed by atoms with Crippen molar-refractivity contribution < 1.29 is 9.13 Å². The molecule has 0 aliphatic rings. The third-order valence-electron chi connectivity index (χ3n) is 3.68. The molecule has 25 heavy (non-hydrogen) atoms. The average molecular weight is 458 g/mol. The topological polar surface area (TPSA) is 58.5 Å². The molecule has 2 N–H and O–H groups in total. The van der Waals surface area contributed by atoms with Gasteiger partial charge in [0.2, 0.25) is 5.88 Å². The number of aromatic nitrogens is 1. The number of aryl methyl sites for hydroxylation is 1. The molecule has 136 valence electrons. The van der Waals surface area contributed by atoms with E-state index < -0.39 is 0 Å². The van der Waals surface area contributed by atoms with Crippen LogP contribution in [0.15, 0.2) is 41.5 Å². The van der Waals surface area contributed by atoms with E-state index in [1.54, 1.807) is 26.4 Å². The fraction of sp³-hybridized carbons (Fsp3) is 0.333. The van der Waals surface area contributed by atoms with Crippen molar-refractivity contribution in [3.05, 3.63) is 59.0 Å². The fourth-order valence-corrected chi connectivity index (χ4v) is 2.33. The first kappa shape index (κ1) is 21.1. The summed E-state index contributed by atoms with van der Waals surface area (Å²) < 4.78 is 18.2. The first-order valence-corrected chi connectivity index (χ1v) is 7.81. The van der Waals surface area contributed by atoms with Crippen molar-refractivity contribution in [2.24, 2.45) is 4.99 Å². The predicted molar refractivity (Wildman–Crippen MR) is 109 cm³/mol. The van der Waals surface area contributed by atoms with Crippen LogP contribution in [0.25, 0.3) is 0 Å². The van der Waals surface area contributed by atoms with Gasteiger partial charge in [-0.1, -0.05) is 6.07 Å². The van der Waals surface area contributed by atoms with Crippen LogP contribution in [-0.2, 0) is 13.0 Å². The highest BCUT2D eigenvalue weighted by atomic mass is 127. The molecule has 1 heterocycles. The van der Waals surface area contributed by atoms with Gasteiger partial charge >= 0.3 is 0 Å². The molecule has 5 nitrogen and oxygen atoms in total. The summed E-state index contributed by atoms with van der Waals surface area (Å²) in [7, 11) is 3.32. The highest BCUT2D eigenvalue weighted by Gasteiger charge is 2.03. The summed E-state index contributed by atoms with van der Waals surface area (Å²) >= 11 is 0. The van der Waals surface area contributed by atoms with Crippen molar-refractivity contribution in [2.75, 3.05) is 20.7 Å². The van der Waals surface area contributed by atoms with Gasteiger partial charge in [0.1, 0.15) is 5.82 Å². The number of hydrogen-bond acceptors (Lipinski definition) is 3. The van der Waals surface area contributed by atoms with Crippen LogP contribution < -0.4 is 15.4 Å². The number of guanidine groups is 1. The molecule has 0 saturated heterocycles. The van der Waals surface area contributed by atoms with Crippen LogP contribution in [-0.4, -0.2) is 31.6 Å². The normalized spacial score (nSPS) is 10.8. The summed E-state index contributed by atoms with van der Waals surface area (Å²) in [4.78, 5) is 8.28. The third kappa shape index (κ3) is 6.85. The smallest absolute Gasteiger partial charge is 0.213 e. The molecule has 0 radical (unpaired) electrons. The molecule has 0 unspecified atom stereocenters. The van der Waals surface area contributed by atoms with E-state index in [0.29, 0.717) is 24.9 Å². The zero-order chi connectivity index (χ0) is 17.4. The Kier molecular flexibility index (Phi) is 9.18. The Hall–Kier alpha value is -1.90. The van der Waals surface area contributed by atoms with Gasteiger partial charge in [-0.05, 0) is 48.2 Å². The minimum Gasteiger partial charge on any atom is -0.481 e. The quantitative estimate of drug-likeness (QED) is 0.397. The molecular formula is C18H24FIN4O. The van der Waals surface area contributed by atoms with Crippen molar-refractivity contribution in [1.82, 2.24) is 15.6 Å². The van der Waals surface area contributed by atoms with E-state index in [2.05, 4.69) is 20.6 Å². The van der Waals surface area contributed by atoms with Crippen LogP contribution in [0, 0.1) is 12.7 Å². The van der Waals surface area contributed by atoms with Gasteiger partial charge in [-0.3, -0.25) is 4.99 Å². The first-order chi connectivity index (χ1) is 11.6. The van der Waals surface area contributed by atoms with E-state index in [1.807, 2.05) is 25.1 Å². The lowest BCUT2D eigenvalue weighted by molar-refractivity contribution is 0.397. The maximum atomic E-state index is 13.1. The monoisotopic (exact) mass is 458 g/mol. The van der Waals surface area contributed by atoms with E-state index in [4.69, 9.17) is 4.74 Å². The minimum absolute atomic E-state index is 0. The molecule has 0 aliphatic heterocycles. The van der Waals surface area contributed by atoms with E-state index in [9.17, 15) is 4.39 Å². The molecule has 2 rings (SSSR count). The average Bonchev–Trinajstić information content (AvgIpc) is 2.59. The Bertz CT molecular complexity index is 709. The zero-order valence-electron chi connectivity index (χ0n) is 14.7. The molecule has 0 fully saturated rings. The predicted octanol–water partition coefficient (Wildman–Crippen LogP) is 3.06. The first-order valence-electron chi connectivity index (χ1n) is 7.81. The number of aliphatic imine (C=N–C) groups is 1. The van der Waals surface area contributed by atoms with Crippen molar-refractivity contribution in [2.45, 2.75) is 19.9 Å². The van der Waals surface area contributed by atoms with Crippen LogP contribution in [0.1, 0.15) is 16.7 Å². The lowest BCUT2D eigenvalue weighted by atomic mass is 10.1. The van der Waals surface area contributed by atoms with Gasteiger partial charge in [-0.2, -0.15) is 0 Å². The maximum absolute atomic E-state index is 13.1. The van der Waals surface area contributed by atoms with Crippen LogP contribution in [0.2, 0.25) is 0 Å². The van der Waals surface area contributed by atoms with Crippen LogP contribution in [0.5, 0.6) is 5.88 Å². The second-order valence-corrected chi connectivity index (χ2v) is 5.38. The Balaban J connectivity index is 0.00000312. The van der Waals surface area contributed by atoms with Gasteiger partial charge in [-0.25, -0.2) is 9.37 Å². The van der Waals surface area contributed by atoms with Gasteiger partial charge in [0.15, 0.2) is 5.96 Å². The van der Waals surface area contributed by atoms with Crippen molar-refractivity contribution in [3.8, 4) is 5.88 Å². The molecule has 7 heteroatoms. The minimum atomic E-state index is -0.200. The summed E-state index contributed by atoms with van der Waals surface area (Å²) in [5.41, 5.74) is 3.14. The number of nitrogens with one attached hydrogen (secondary N) is 2. The third-order valence-corrected chi connectivity index (χ3v) is 3.68. The fourth-order valence-electron chi connectivity index (χ4n) is 2.33. The zero-order valence-corrected chi connectivity index (χ0v) is 17.0. The number of benzene rings is 1. The van der Waals surface area contributed by atoms with Crippen LogP contribution >= 0.6 is 24.0 Å². The van der Waals surface area contributed by atoms with E-state index in [1.165, 1.54) is 6.07 Å². The summed E-state index contributed by atoms with van der Waals surface area (Å²) in [5, 5.41) is 6.50. The molecule has 0 saturated carbocycles. The van der Waals surface area contributed by atoms with Crippen molar-refractivity contribution in [1.29, 1.82) is 0 Å². The number of pyridine rings is 1. The molecule has 1 aromatic heterocycles. The molecule has 0 amide bonds. The maximum Gasteiger partial charge on any atom is 0.213 e. The summed E-state index contributed by atoms with van der Waals surface area (Å²) in [6.45, 7) is 3.25. The van der Waals surface area contributed by atoms with E-state index >= 15 is 0 Å². The van der Waals surface area contributed by atoms with E-state index in [-0.39, 0.29) is 29.8 Å². The number of nitrogens with zero attached hydrogens (tertiary/aromatic N) is 2. The summed E-state index contributed by atoms with van der Waals surface area (Å²) in [5.74, 6) is 1.10. The standard InChI is InChI=1S/C18H23FN4O.HI/c1-13-10-16(19)5-4-15(13)7-9-22-18(20-2)23-12-14-6-8-21-17(11-14)24-3;/h4-6,8,10-11H,7,9,12H2,1-3H3,(H2,20,22,23);1H. The van der Waals surface area contributed by atoms with Crippen LogP contribution in [0.4, 0.5) is 4.39 Å². The number of ether oxygens (including phenoxy) is 1. The number of hydrogen-bond donors (Lipinski definition) is 2. The second-order valence-electron chi connectivity index (χ2n) is 5.38. The van der Waals surface area contributed by atoms with E-state index in [0.717, 1.165) is 23.1 Å². The highest BCUT2D eigenvalue weighted by Crippen LogP contribution is 2.10. The van der Waals surface area contributed by atoms with Gasteiger partial charge in [0, 0.05) is 32.4 Å². The molecule has 2 aromatic rings. The highest BCUT2D eigenvalue weighted by molar-refractivity contribution is 14.0. The van der Waals surface area contributed by atoms with Crippen molar-refractivity contribution >= 4 is 29.9 Å². The second kappa shape index (κ2) is 10.9. The van der Waals surface area contributed by atoms with Gasteiger partial charge in [0.25, 0.3) is 0 Å². The lowest BCUT2D eigenvalue weighted by Crippen LogP contribution is -2.37. The molecule has 0 atom stereocenters. The molecule has 0 spiro atoms. The number of halogens is 2. The van der Waals surface area contributed by atoms with Crippen LogP contribution in [0.3, 0.4) is 0 Å².